The van der Waals surface area contributed by atoms with E-state index in [-0.39, 0.29) is 24.3 Å². The van der Waals surface area contributed by atoms with Gasteiger partial charge in [-0.2, -0.15) is 0 Å². The smallest absolute Gasteiger partial charge is 0.311 e. The molecule has 1 N–H and O–H groups in total. The molecule has 15 heavy (non-hydrogen) atoms. The Morgan fingerprint density at radius 2 is 2.13 bits per heavy atom. The number of hydrogen-bond acceptors (Lipinski definition) is 3. The first kappa shape index (κ1) is 12.2. The van der Waals surface area contributed by atoms with Crippen molar-refractivity contribution in [1.82, 2.24) is 0 Å². The topological polar surface area (TPSA) is 71.4 Å². The minimum Gasteiger partial charge on any atom is -0.481 e. The summed E-state index contributed by atoms with van der Waals surface area (Å²) in [6, 6.07) is 0. The SMILES string of the molecule is C=C(CC)CC1(C(=O)O)CCS(=O)(=O)C1. The molecule has 1 rings (SSSR count). The highest BCUT2D eigenvalue weighted by molar-refractivity contribution is 7.91. The first-order valence-corrected chi connectivity index (χ1v) is 6.74. The molecule has 1 fully saturated rings. The molecule has 1 atom stereocenters. The second kappa shape index (κ2) is 3.96. The van der Waals surface area contributed by atoms with Gasteiger partial charge in [-0.3, -0.25) is 4.79 Å². The van der Waals surface area contributed by atoms with Crippen molar-refractivity contribution in [2.75, 3.05) is 11.5 Å². The van der Waals surface area contributed by atoms with Gasteiger partial charge in [0.05, 0.1) is 16.9 Å². The third kappa shape index (κ3) is 2.59. The van der Waals surface area contributed by atoms with Crippen LogP contribution in [0.2, 0.25) is 0 Å². The van der Waals surface area contributed by atoms with Crippen LogP contribution in [0.3, 0.4) is 0 Å². The molecule has 86 valence electrons. The van der Waals surface area contributed by atoms with E-state index in [4.69, 9.17) is 5.11 Å². The van der Waals surface area contributed by atoms with Crippen LogP contribution in [0.15, 0.2) is 12.2 Å². The molecule has 1 heterocycles. The summed E-state index contributed by atoms with van der Waals surface area (Å²) < 4.78 is 22.7. The van der Waals surface area contributed by atoms with Crippen LogP contribution in [-0.2, 0) is 14.6 Å². The monoisotopic (exact) mass is 232 g/mol. The van der Waals surface area contributed by atoms with Crippen molar-refractivity contribution in [2.45, 2.75) is 26.2 Å². The average molecular weight is 232 g/mol. The van der Waals surface area contributed by atoms with Gasteiger partial charge in [0.1, 0.15) is 0 Å². The molecule has 0 aromatic heterocycles. The maximum absolute atomic E-state index is 11.3. The van der Waals surface area contributed by atoms with Crippen LogP contribution in [0.4, 0.5) is 0 Å². The van der Waals surface area contributed by atoms with Crippen LogP contribution >= 0.6 is 0 Å². The number of carboxylic acids is 1. The Morgan fingerprint density at radius 3 is 2.47 bits per heavy atom. The fourth-order valence-corrected chi connectivity index (χ4v) is 3.96. The molecule has 1 aliphatic rings. The molecule has 1 unspecified atom stereocenters. The summed E-state index contributed by atoms with van der Waals surface area (Å²) in [5.74, 6) is -1.27. The summed E-state index contributed by atoms with van der Waals surface area (Å²) >= 11 is 0. The van der Waals surface area contributed by atoms with Crippen molar-refractivity contribution < 1.29 is 18.3 Å². The predicted octanol–water partition coefficient (Wildman–Crippen LogP) is 1.23. The molecule has 0 bridgehead atoms. The van der Waals surface area contributed by atoms with Gasteiger partial charge in [-0.05, 0) is 19.3 Å². The zero-order chi connectivity index (χ0) is 11.7. The van der Waals surface area contributed by atoms with Crippen molar-refractivity contribution in [3.8, 4) is 0 Å². The highest BCUT2D eigenvalue weighted by Crippen LogP contribution is 2.38. The summed E-state index contributed by atoms with van der Waals surface area (Å²) in [6.45, 7) is 5.64. The number of aliphatic carboxylic acids is 1. The Balaban J connectivity index is 2.93. The molecule has 0 spiro atoms. The van der Waals surface area contributed by atoms with E-state index < -0.39 is 21.2 Å². The van der Waals surface area contributed by atoms with Crippen molar-refractivity contribution in [3.63, 3.8) is 0 Å². The molecule has 1 aliphatic heterocycles. The second-order valence-electron chi connectivity index (χ2n) is 4.21. The number of hydrogen-bond donors (Lipinski definition) is 1. The van der Waals surface area contributed by atoms with Gasteiger partial charge < -0.3 is 5.11 Å². The maximum Gasteiger partial charge on any atom is 0.311 e. The van der Waals surface area contributed by atoms with Crippen molar-refractivity contribution in [3.05, 3.63) is 12.2 Å². The normalized spacial score (nSPS) is 28.9. The van der Waals surface area contributed by atoms with Crippen molar-refractivity contribution >= 4 is 15.8 Å². The van der Waals surface area contributed by atoms with Crippen LogP contribution in [0.25, 0.3) is 0 Å². The Kier molecular flexibility index (Phi) is 3.23. The zero-order valence-electron chi connectivity index (χ0n) is 8.82. The molecule has 0 radical (unpaired) electrons. The van der Waals surface area contributed by atoms with Crippen LogP contribution in [0, 0.1) is 5.41 Å². The summed E-state index contributed by atoms with van der Waals surface area (Å²) in [4.78, 5) is 11.2. The quantitative estimate of drug-likeness (QED) is 0.740. The Labute approximate surface area is 89.9 Å². The van der Waals surface area contributed by atoms with Crippen molar-refractivity contribution in [1.29, 1.82) is 0 Å². The number of carbonyl (C=O) groups is 1. The maximum atomic E-state index is 11.3. The lowest BCUT2D eigenvalue weighted by Crippen LogP contribution is -2.32. The lowest BCUT2D eigenvalue weighted by atomic mass is 9.81. The van der Waals surface area contributed by atoms with E-state index in [0.29, 0.717) is 6.42 Å². The molecule has 0 aromatic rings. The van der Waals surface area contributed by atoms with Gasteiger partial charge in [0.15, 0.2) is 9.84 Å². The summed E-state index contributed by atoms with van der Waals surface area (Å²) in [7, 11) is -3.17. The van der Waals surface area contributed by atoms with Crippen molar-refractivity contribution in [2.24, 2.45) is 5.41 Å². The largest absolute Gasteiger partial charge is 0.481 e. The Hall–Kier alpha value is -0.840. The van der Waals surface area contributed by atoms with Gasteiger partial charge in [0.2, 0.25) is 0 Å². The highest BCUT2D eigenvalue weighted by Gasteiger charge is 2.48. The van der Waals surface area contributed by atoms with Gasteiger partial charge in [-0.15, -0.1) is 0 Å². The predicted molar refractivity (Wildman–Crippen MR) is 57.4 cm³/mol. The summed E-state index contributed by atoms with van der Waals surface area (Å²) in [5.41, 5.74) is -0.319. The standard InChI is InChI=1S/C10H16O4S/c1-3-8(2)6-10(9(11)12)4-5-15(13,14)7-10/h2-7H2,1H3,(H,11,12). The summed E-state index contributed by atoms with van der Waals surface area (Å²) in [5, 5.41) is 9.13. The number of allylic oxidation sites excluding steroid dienone is 1. The van der Waals surface area contributed by atoms with Gasteiger partial charge >= 0.3 is 5.97 Å². The van der Waals surface area contributed by atoms with E-state index in [0.717, 1.165) is 5.57 Å². The first-order chi connectivity index (χ1) is 6.81. The molecule has 0 saturated carbocycles. The third-order valence-corrected chi connectivity index (χ3v) is 4.75. The number of sulfone groups is 1. The Morgan fingerprint density at radius 1 is 1.53 bits per heavy atom. The van der Waals surface area contributed by atoms with Gasteiger partial charge in [-0.1, -0.05) is 19.1 Å². The van der Waals surface area contributed by atoms with E-state index in [1.165, 1.54) is 0 Å². The fourth-order valence-electron chi connectivity index (χ4n) is 1.90. The van der Waals surface area contributed by atoms with Gasteiger partial charge in [0.25, 0.3) is 0 Å². The number of carboxylic acid groups (broad SMARTS) is 1. The van der Waals surface area contributed by atoms with Gasteiger partial charge in [-0.25, -0.2) is 8.42 Å². The lowest BCUT2D eigenvalue weighted by molar-refractivity contribution is -0.147. The minimum atomic E-state index is -3.17. The molecule has 0 aromatic carbocycles. The molecular formula is C10H16O4S. The van der Waals surface area contributed by atoms with E-state index in [1.54, 1.807) is 0 Å². The first-order valence-electron chi connectivity index (χ1n) is 4.92. The van der Waals surface area contributed by atoms with Crippen LogP contribution in [0.1, 0.15) is 26.2 Å². The van der Waals surface area contributed by atoms with E-state index >= 15 is 0 Å². The van der Waals surface area contributed by atoms with Crippen LogP contribution < -0.4 is 0 Å². The molecule has 1 saturated heterocycles. The van der Waals surface area contributed by atoms with E-state index in [9.17, 15) is 13.2 Å². The third-order valence-electron chi connectivity index (χ3n) is 2.93. The van der Waals surface area contributed by atoms with E-state index in [2.05, 4.69) is 6.58 Å². The molecular weight excluding hydrogens is 216 g/mol. The molecule has 4 nitrogen and oxygen atoms in total. The minimum absolute atomic E-state index is 0.0176. The Bertz CT molecular complexity index is 382. The average Bonchev–Trinajstić information content (AvgIpc) is 2.43. The highest BCUT2D eigenvalue weighted by atomic mass is 32.2. The second-order valence-corrected chi connectivity index (χ2v) is 6.39. The number of rotatable bonds is 4. The van der Waals surface area contributed by atoms with E-state index in [1.807, 2.05) is 6.92 Å². The molecule has 5 heteroatoms. The lowest BCUT2D eigenvalue weighted by Gasteiger charge is -2.22. The van der Waals surface area contributed by atoms with Crippen LogP contribution in [-0.4, -0.2) is 31.0 Å². The molecule has 0 aliphatic carbocycles. The zero-order valence-corrected chi connectivity index (χ0v) is 9.64. The molecule has 0 amide bonds. The summed E-state index contributed by atoms with van der Waals surface area (Å²) in [6.07, 6.45) is 1.18. The van der Waals surface area contributed by atoms with Crippen LogP contribution in [0.5, 0.6) is 0 Å². The fraction of sp³-hybridized carbons (Fsp3) is 0.700. The van der Waals surface area contributed by atoms with Gasteiger partial charge in [0, 0.05) is 0 Å².